The number of amides is 1. The summed E-state index contributed by atoms with van der Waals surface area (Å²) in [6.45, 7) is 1.96. The highest BCUT2D eigenvalue weighted by Crippen LogP contribution is 2.41. The number of benzene rings is 3. The summed E-state index contributed by atoms with van der Waals surface area (Å²) in [6.07, 6.45) is 0. The predicted octanol–water partition coefficient (Wildman–Crippen LogP) is 4.64. The van der Waals surface area contributed by atoms with Crippen LogP contribution >= 0.6 is 0 Å². The van der Waals surface area contributed by atoms with Crippen LogP contribution in [-0.4, -0.2) is 19.0 Å². The molecule has 1 amide bonds. The normalized spacial score (nSPS) is 15.1. The van der Waals surface area contributed by atoms with E-state index in [1.807, 2.05) is 31.2 Å². The minimum absolute atomic E-state index is 0.0383. The molecule has 6 nitrogen and oxygen atoms in total. The number of rotatable bonds is 3. The van der Waals surface area contributed by atoms with Gasteiger partial charge in [0.15, 0.2) is 5.43 Å². The number of hydrogen-bond acceptors (Lipinski definition) is 5. The predicted molar refractivity (Wildman–Crippen MR) is 120 cm³/mol. The number of anilines is 1. The fourth-order valence-corrected chi connectivity index (χ4v) is 4.13. The first-order chi connectivity index (χ1) is 15.5. The summed E-state index contributed by atoms with van der Waals surface area (Å²) in [5, 5.41) is 0.418. The van der Waals surface area contributed by atoms with Gasteiger partial charge in [-0.2, -0.15) is 0 Å². The van der Waals surface area contributed by atoms with E-state index >= 15 is 0 Å². The number of fused-ring (bicyclic) bond motifs is 2. The largest absolute Gasteiger partial charge is 0.465 e. The van der Waals surface area contributed by atoms with Gasteiger partial charge in [0.1, 0.15) is 5.58 Å². The Kier molecular flexibility index (Phi) is 4.63. The van der Waals surface area contributed by atoms with E-state index in [1.165, 1.54) is 7.11 Å². The van der Waals surface area contributed by atoms with Crippen molar-refractivity contribution in [3.63, 3.8) is 0 Å². The fraction of sp³-hybridized carbons (Fsp3) is 0.115. The molecule has 1 aliphatic heterocycles. The van der Waals surface area contributed by atoms with E-state index < -0.39 is 12.0 Å². The average Bonchev–Trinajstić information content (AvgIpc) is 3.12. The van der Waals surface area contributed by atoms with Gasteiger partial charge in [0.2, 0.25) is 5.76 Å². The Balaban J connectivity index is 1.75. The third-order valence-corrected chi connectivity index (χ3v) is 5.74. The van der Waals surface area contributed by atoms with Gasteiger partial charge < -0.3 is 9.15 Å². The molecule has 0 aliphatic carbocycles. The standard InChI is InChI=1S/C26H19NO5/c1-15-7-13-18(14-8-15)27-22(16-9-11-17(12-10-16)26(30)31-2)21-23(28)19-5-3-4-6-20(19)32-24(21)25(27)29/h3-14,22H,1-2H3. The van der Waals surface area contributed by atoms with Crippen molar-refractivity contribution in [2.24, 2.45) is 0 Å². The second kappa shape index (κ2) is 7.50. The van der Waals surface area contributed by atoms with Gasteiger partial charge in [-0.05, 0) is 48.9 Å². The van der Waals surface area contributed by atoms with Crippen LogP contribution in [0.5, 0.6) is 0 Å². The summed E-state index contributed by atoms with van der Waals surface area (Å²) in [4.78, 5) is 40.4. The summed E-state index contributed by atoms with van der Waals surface area (Å²) in [5.74, 6) is -0.801. The van der Waals surface area contributed by atoms with Gasteiger partial charge in [-0.15, -0.1) is 0 Å². The van der Waals surface area contributed by atoms with Gasteiger partial charge >= 0.3 is 5.97 Å². The highest BCUT2D eigenvalue weighted by molar-refractivity contribution is 6.10. The highest BCUT2D eigenvalue weighted by atomic mass is 16.5. The minimum Gasteiger partial charge on any atom is -0.465 e. The lowest BCUT2D eigenvalue weighted by atomic mass is 9.97. The van der Waals surface area contributed by atoms with Gasteiger partial charge in [0.05, 0.1) is 29.7 Å². The van der Waals surface area contributed by atoms with E-state index in [0.717, 1.165) is 5.56 Å². The molecule has 0 saturated carbocycles. The van der Waals surface area contributed by atoms with Crippen molar-refractivity contribution in [3.05, 3.63) is 111 Å². The maximum Gasteiger partial charge on any atom is 0.337 e. The van der Waals surface area contributed by atoms with Gasteiger partial charge in [-0.25, -0.2) is 4.79 Å². The number of esters is 1. The topological polar surface area (TPSA) is 76.8 Å². The lowest BCUT2D eigenvalue weighted by molar-refractivity contribution is 0.0600. The molecule has 1 atom stereocenters. The van der Waals surface area contributed by atoms with Crippen molar-refractivity contribution in [1.29, 1.82) is 0 Å². The molecule has 2 heterocycles. The number of para-hydroxylation sites is 1. The minimum atomic E-state index is -0.687. The van der Waals surface area contributed by atoms with Crippen molar-refractivity contribution in [3.8, 4) is 0 Å². The van der Waals surface area contributed by atoms with E-state index in [-0.39, 0.29) is 17.1 Å². The van der Waals surface area contributed by atoms with Crippen LogP contribution in [-0.2, 0) is 4.74 Å². The number of methoxy groups -OCH3 is 1. The molecule has 1 unspecified atom stereocenters. The Hall–Kier alpha value is -4.19. The molecule has 5 rings (SSSR count). The molecule has 6 heteroatoms. The zero-order chi connectivity index (χ0) is 22.4. The third kappa shape index (κ3) is 3.00. The van der Waals surface area contributed by atoms with Crippen LogP contribution in [0.15, 0.2) is 82.0 Å². The number of carbonyl (C=O) groups is 2. The molecule has 0 N–H and O–H groups in total. The van der Waals surface area contributed by atoms with Gasteiger partial charge in [-0.3, -0.25) is 14.5 Å². The van der Waals surface area contributed by atoms with Crippen molar-refractivity contribution in [2.45, 2.75) is 13.0 Å². The first-order valence-corrected chi connectivity index (χ1v) is 10.1. The van der Waals surface area contributed by atoms with Crippen LogP contribution in [0.1, 0.15) is 43.6 Å². The quantitative estimate of drug-likeness (QED) is 0.447. The monoisotopic (exact) mass is 425 g/mol. The molecule has 158 valence electrons. The smallest absolute Gasteiger partial charge is 0.337 e. The molecule has 0 radical (unpaired) electrons. The molecular weight excluding hydrogens is 406 g/mol. The molecule has 1 aliphatic rings. The van der Waals surface area contributed by atoms with E-state index in [9.17, 15) is 14.4 Å². The number of aryl methyl sites for hydroxylation is 1. The summed E-state index contributed by atoms with van der Waals surface area (Å²) < 4.78 is 10.7. The van der Waals surface area contributed by atoms with Gasteiger partial charge in [0.25, 0.3) is 5.91 Å². The first-order valence-electron chi connectivity index (χ1n) is 10.1. The SMILES string of the molecule is COC(=O)c1ccc(C2c3c(oc4ccccc4c3=O)C(=O)N2c2ccc(C)cc2)cc1. The lowest BCUT2D eigenvalue weighted by Gasteiger charge is -2.25. The maximum atomic E-state index is 13.5. The Morgan fingerprint density at radius 3 is 2.31 bits per heavy atom. The molecule has 3 aromatic carbocycles. The van der Waals surface area contributed by atoms with Gasteiger partial charge in [0, 0.05) is 5.69 Å². The maximum absolute atomic E-state index is 13.5. The molecule has 0 bridgehead atoms. The van der Waals surface area contributed by atoms with E-state index in [0.29, 0.717) is 33.3 Å². The number of hydrogen-bond donors (Lipinski definition) is 0. The molecular formula is C26H19NO5. The molecule has 4 aromatic rings. The third-order valence-electron chi connectivity index (χ3n) is 5.74. The van der Waals surface area contributed by atoms with Crippen LogP contribution in [0.2, 0.25) is 0 Å². The molecule has 1 aromatic heterocycles. The van der Waals surface area contributed by atoms with Crippen molar-refractivity contribution >= 4 is 28.5 Å². The van der Waals surface area contributed by atoms with Crippen molar-refractivity contribution in [2.75, 3.05) is 12.0 Å². The average molecular weight is 425 g/mol. The number of nitrogens with zero attached hydrogens (tertiary/aromatic N) is 1. The van der Waals surface area contributed by atoms with Gasteiger partial charge in [-0.1, -0.05) is 42.0 Å². The Morgan fingerprint density at radius 2 is 1.62 bits per heavy atom. The molecule has 32 heavy (non-hydrogen) atoms. The Morgan fingerprint density at radius 1 is 0.938 bits per heavy atom. The Bertz CT molecular complexity index is 1420. The summed E-state index contributed by atoms with van der Waals surface area (Å²) in [5.41, 5.74) is 3.19. The summed E-state index contributed by atoms with van der Waals surface area (Å²) >= 11 is 0. The molecule has 0 fully saturated rings. The molecule has 0 saturated heterocycles. The summed E-state index contributed by atoms with van der Waals surface area (Å²) in [7, 11) is 1.32. The van der Waals surface area contributed by atoms with E-state index in [4.69, 9.17) is 9.15 Å². The zero-order valence-corrected chi connectivity index (χ0v) is 17.5. The van der Waals surface area contributed by atoms with Crippen LogP contribution in [0.3, 0.4) is 0 Å². The van der Waals surface area contributed by atoms with Crippen molar-refractivity contribution < 1.29 is 18.7 Å². The summed E-state index contributed by atoms with van der Waals surface area (Å²) in [6, 6.07) is 20.4. The second-order valence-electron chi connectivity index (χ2n) is 7.70. The number of carbonyl (C=O) groups excluding carboxylic acids is 2. The zero-order valence-electron chi connectivity index (χ0n) is 17.5. The van der Waals surface area contributed by atoms with Crippen LogP contribution in [0.25, 0.3) is 11.0 Å². The Labute approximate surface area is 183 Å². The highest BCUT2D eigenvalue weighted by Gasteiger charge is 2.43. The molecule has 0 spiro atoms. The van der Waals surface area contributed by atoms with E-state index in [1.54, 1.807) is 53.4 Å². The van der Waals surface area contributed by atoms with E-state index in [2.05, 4.69) is 0 Å². The van der Waals surface area contributed by atoms with Crippen molar-refractivity contribution in [1.82, 2.24) is 0 Å². The fourth-order valence-electron chi connectivity index (χ4n) is 4.13. The van der Waals surface area contributed by atoms with Crippen LogP contribution in [0.4, 0.5) is 5.69 Å². The lowest BCUT2D eigenvalue weighted by Crippen LogP contribution is -2.29. The van der Waals surface area contributed by atoms with Crippen LogP contribution < -0.4 is 10.3 Å². The van der Waals surface area contributed by atoms with Crippen LogP contribution in [0, 0.1) is 6.92 Å². The first kappa shape index (κ1) is 19.8. The number of ether oxygens (including phenoxy) is 1. The second-order valence-corrected chi connectivity index (χ2v) is 7.70.